The zero-order chi connectivity index (χ0) is 18.0. The third kappa shape index (κ3) is 4.14. The van der Waals surface area contributed by atoms with Crippen molar-refractivity contribution in [3.63, 3.8) is 0 Å². The summed E-state index contributed by atoms with van der Waals surface area (Å²) < 4.78 is 1.65. The van der Waals surface area contributed by atoms with Gasteiger partial charge in [0.15, 0.2) is 10.9 Å². The fraction of sp³-hybridized carbons (Fsp3) is 0.278. The van der Waals surface area contributed by atoms with E-state index < -0.39 is 0 Å². The Balaban J connectivity index is 1.98. The van der Waals surface area contributed by atoms with Gasteiger partial charge in [0, 0.05) is 11.6 Å². The maximum atomic E-state index is 12.9. The molecule has 0 bridgehead atoms. The van der Waals surface area contributed by atoms with Crippen LogP contribution in [0.1, 0.15) is 23.5 Å². The van der Waals surface area contributed by atoms with Crippen molar-refractivity contribution in [2.45, 2.75) is 25.5 Å². The molecule has 0 atom stereocenters. The lowest BCUT2D eigenvalue weighted by Crippen LogP contribution is -2.25. The SMILES string of the molecule is CC(C)Cn1c(SCC(=O)c2cccs2)nc2ccc(Cl)cc2c1=O. The summed E-state index contributed by atoms with van der Waals surface area (Å²) in [6.07, 6.45) is 0. The number of hydrogen-bond acceptors (Lipinski definition) is 5. The Kier molecular flexibility index (Phi) is 5.61. The molecule has 0 aliphatic heterocycles. The molecule has 2 heterocycles. The smallest absolute Gasteiger partial charge is 0.262 e. The first kappa shape index (κ1) is 18.2. The lowest BCUT2D eigenvalue weighted by molar-refractivity contribution is 0.102. The molecule has 0 N–H and O–H groups in total. The van der Waals surface area contributed by atoms with Gasteiger partial charge in [-0.1, -0.05) is 43.3 Å². The molecular formula is C18H17ClN2O2S2. The lowest BCUT2D eigenvalue weighted by Gasteiger charge is -2.14. The summed E-state index contributed by atoms with van der Waals surface area (Å²) in [7, 11) is 0. The zero-order valence-corrected chi connectivity index (χ0v) is 16.2. The van der Waals surface area contributed by atoms with E-state index >= 15 is 0 Å². The molecule has 0 aliphatic carbocycles. The number of carbonyl (C=O) groups is 1. The number of halogens is 1. The Labute approximate surface area is 158 Å². The maximum absolute atomic E-state index is 12.9. The summed E-state index contributed by atoms with van der Waals surface area (Å²) in [5.74, 6) is 0.578. The number of thioether (sulfide) groups is 1. The van der Waals surface area contributed by atoms with Gasteiger partial charge in [-0.2, -0.15) is 0 Å². The fourth-order valence-corrected chi connectivity index (χ4v) is 4.27. The first-order valence-corrected chi connectivity index (χ1v) is 10.1. The highest BCUT2D eigenvalue weighted by molar-refractivity contribution is 7.99. The maximum Gasteiger partial charge on any atom is 0.262 e. The molecule has 0 fully saturated rings. The van der Waals surface area contributed by atoms with Gasteiger partial charge in [-0.3, -0.25) is 14.2 Å². The molecule has 0 aliphatic rings. The second-order valence-electron chi connectivity index (χ2n) is 6.05. The third-order valence-corrected chi connectivity index (χ3v) is 5.68. The van der Waals surface area contributed by atoms with Gasteiger partial charge in [0.1, 0.15) is 0 Å². The number of fused-ring (bicyclic) bond motifs is 1. The Bertz CT molecular complexity index is 965. The van der Waals surface area contributed by atoms with Gasteiger partial charge in [-0.15, -0.1) is 11.3 Å². The van der Waals surface area contributed by atoms with Crippen molar-refractivity contribution in [2.24, 2.45) is 5.92 Å². The van der Waals surface area contributed by atoms with Gasteiger partial charge in [0.05, 0.1) is 21.5 Å². The topological polar surface area (TPSA) is 52.0 Å². The Hall–Kier alpha value is -1.63. The van der Waals surface area contributed by atoms with Crippen molar-refractivity contribution in [1.82, 2.24) is 9.55 Å². The molecule has 0 saturated heterocycles. The fourth-order valence-electron chi connectivity index (χ4n) is 2.45. The van der Waals surface area contributed by atoms with Gasteiger partial charge in [-0.25, -0.2) is 4.98 Å². The van der Waals surface area contributed by atoms with E-state index in [0.717, 1.165) is 4.88 Å². The summed E-state index contributed by atoms with van der Waals surface area (Å²) in [5, 5.41) is 3.46. The van der Waals surface area contributed by atoms with Gasteiger partial charge in [0.25, 0.3) is 5.56 Å². The first-order valence-electron chi connectivity index (χ1n) is 7.85. The summed E-state index contributed by atoms with van der Waals surface area (Å²) in [5.41, 5.74) is 0.479. The van der Waals surface area contributed by atoms with Crippen LogP contribution in [0.25, 0.3) is 10.9 Å². The molecule has 7 heteroatoms. The van der Waals surface area contributed by atoms with Gasteiger partial charge >= 0.3 is 0 Å². The minimum Gasteiger partial charge on any atom is -0.292 e. The van der Waals surface area contributed by atoms with Crippen LogP contribution in [0.5, 0.6) is 0 Å². The van der Waals surface area contributed by atoms with Crippen LogP contribution >= 0.6 is 34.7 Å². The van der Waals surface area contributed by atoms with Gasteiger partial charge in [0.2, 0.25) is 0 Å². The predicted octanol–water partition coefficient (Wildman–Crippen LogP) is 4.74. The number of thiophene rings is 1. The van der Waals surface area contributed by atoms with Gasteiger partial charge in [-0.05, 0) is 35.6 Å². The number of nitrogens with zero attached hydrogens (tertiary/aromatic N) is 2. The summed E-state index contributed by atoms with van der Waals surface area (Å²) in [6.45, 7) is 4.63. The standard InChI is InChI=1S/C18H17ClN2O2S2/c1-11(2)9-21-17(23)13-8-12(19)5-6-14(13)20-18(21)25-10-15(22)16-4-3-7-24-16/h3-8,11H,9-10H2,1-2H3. The molecule has 1 aromatic carbocycles. The second kappa shape index (κ2) is 7.72. The van der Waals surface area contributed by atoms with Crippen LogP contribution in [0.15, 0.2) is 45.7 Å². The minimum absolute atomic E-state index is 0.0431. The number of ketones is 1. The van der Waals surface area contributed by atoms with E-state index in [1.807, 2.05) is 31.4 Å². The average molecular weight is 393 g/mol. The van der Waals surface area contributed by atoms with E-state index in [9.17, 15) is 9.59 Å². The van der Waals surface area contributed by atoms with Crippen LogP contribution < -0.4 is 5.56 Å². The van der Waals surface area contributed by atoms with Crippen molar-refractivity contribution >= 4 is 51.4 Å². The van der Waals surface area contributed by atoms with Crippen LogP contribution in [0.4, 0.5) is 0 Å². The average Bonchev–Trinajstić information content (AvgIpc) is 3.10. The number of rotatable bonds is 6. The van der Waals surface area contributed by atoms with E-state index in [4.69, 9.17) is 11.6 Å². The molecule has 4 nitrogen and oxygen atoms in total. The molecular weight excluding hydrogens is 376 g/mol. The highest BCUT2D eigenvalue weighted by Crippen LogP contribution is 2.22. The molecule has 0 saturated carbocycles. The minimum atomic E-state index is -0.118. The molecule has 3 aromatic rings. The van der Waals surface area contributed by atoms with Crippen LogP contribution in [-0.4, -0.2) is 21.1 Å². The quantitative estimate of drug-likeness (QED) is 0.345. The number of carbonyl (C=O) groups excluding carboxylic acids is 1. The van der Waals surface area contributed by atoms with Gasteiger partial charge < -0.3 is 0 Å². The number of hydrogen-bond donors (Lipinski definition) is 0. The van der Waals surface area contributed by atoms with Crippen molar-refractivity contribution in [3.8, 4) is 0 Å². The van der Waals surface area contributed by atoms with Crippen LogP contribution in [0, 0.1) is 5.92 Å². The van der Waals surface area contributed by atoms with Crippen LogP contribution in [-0.2, 0) is 6.54 Å². The molecule has 0 radical (unpaired) electrons. The van der Waals surface area contributed by atoms with Crippen molar-refractivity contribution in [3.05, 3.63) is 56.0 Å². The highest BCUT2D eigenvalue weighted by Gasteiger charge is 2.15. The van der Waals surface area contributed by atoms with E-state index in [1.54, 1.807) is 22.8 Å². The molecule has 0 spiro atoms. The zero-order valence-electron chi connectivity index (χ0n) is 13.9. The highest BCUT2D eigenvalue weighted by atomic mass is 35.5. The monoisotopic (exact) mass is 392 g/mol. The third-order valence-electron chi connectivity index (χ3n) is 3.56. The molecule has 25 heavy (non-hydrogen) atoms. The van der Waals surface area contributed by atoms with Crippen molar-refractivity contribution in [2.75, 3.05) is 5.75 Å². The molecule has 2 aromatic heterocycles. The second-order valence-corrected chi connectivity index (χ2v) is 8.38. The number of Topliss-reactive ketones (excluding diaryl/α,β-unsaturated/α-hetero) is 1. The van der Waals surface area contributed by atoms with Crippen molar-refractivity contribution in [1.29, 1.82) is 0 Å². The number of aromatic nitrogens is 2. The van der Waals surface area contributed by atoms with E-state index in [1.165, 1.54) is 23.1 Å². The molecule has 130 valence electrons. The lowest BCUT2D eigenvalue weighted by atomic mass is 10.2. The van der Waals surface area contributed by atoms with Crippen LogP contribution in [0.3, 0.4) is 0 Å². The molecule has 3 rings (SSSR count). The normalized spacial score (nSPS) is 11.4. The van der Waals surface area contributed by atoms with E-state index in [2.05, 4.69) is 4.98 Å². The van der Waals surface area contributed by atoms with E-state index in [0.29, 0.717) is 27.6 Å². The predicted molar refractivity (Wildman–Crippen MR) is 105 cm³/mol. The Morgan fingerprint density at radius 1 is 1.36 bits per heavy atom. The largest absolute Gasteiger partial charge is 0.292 e. The van der Waals surface area contributed by atoms with Crippen molar-refractivity contribution < 1.29 is 4.79 Å². The molecule has 0 unspecified atom stereocenters. The Morgan fingerprint density at radius 2 is 2.16 bits per heavy atom. The molecule has 0 amide bonds. The summed E-state index contributed by atoms with van der Waals surface area (Å²) in [4.78, 5) is 30.5. The number of benzene rings is 1. The Morgan fingerprint density at radius 3 is 2.84 bits per heavy atom. The van der Waals surface area contributed by atoms with Crippen LogP contribution in [0.2, 0.25) is 5.02 Å². The summed E-state index contributed by atoms with van der Waals surface area (Å²) >= 11 is 8.75. The summed E-state index contributed by atoms with van der Waals surface area (Å²) in [6, 6.07) is 8.77. The van der Waals surface area contributed by atoms with E-state index in [-0.39, 0.29) is 23.0 Å². The first-order chi connectivity index (χ1) is 12.0.